The van der Waals surface area contributed by atoms with Gasteiger partial charge in [-0.05, 0) is 18.4 Å². The molecule has 14 heavy (non-hydrogen) atoms. The highest BCUT2D eigenvalue weighted by atomic mass is 16.4. The number of hydrogen-bond acceptors (Lipinski definition) is 2. The molecule has 2 N–H and O–H groups in total. The van der Waals surface area contributed by atoms with Crippen molar-refractivity contribution in [1.29, 1.82) is 0 Å². The smallest absolute Gasteiger partial charge is 0.320 e. The van der Waals surface area contributed by atoms with E-state index in [1.807, 2.05) is 13.8 Å². The van der Waals surface area contributed by atoms with Gasteiger partial charge in [0.05, 0.1) is 0 Å². The summed E-state index contributed by atoms with van der Waals surface area (Å²) in [5.74, 6) is 0.0109. The van der Waals surface area contributed by atoms with Crippen LogP contribution in [0.3, 0.4) is 0 Å². The van der Waals surface area contributed by atoms with Crippen molar-refractivity contribution in [2.75, 3.05) is 6.54 Å². The highest BCUT2D eigenvalue weighted by Gasteiger charge is 2.24. The first-order valence-electron chi connectivity index (χ1n) is 5.49. The van der Waals surface area contributed by atoms with Gasteiger partial charge in [-0.15, -0.1) is 0 Å². The van der Waals surface area contributed by atoms with Crippen LogP contribution in [0.2, 0.25) is 0 Å². The summed E-state index contributed by atoms with van der Waals surface area (Å²) in [7, 11) is 0. The molecule has 0 aromatic carbocycles. The van der Waals surface area contributed by atoms with Crippen molar-refractivity contribution >= 4 is 5.97 Å². The summed E-state index contributed by atoms with van der Waals surface area (Å²) in [5.41, 5.74) is 0. The van der Waals surface area contributed by atoms with Crippen LogP contribution < -0.4 is 5.32 Å². The first-order chi connectivity index (χ1) is 6.52. The van der Waals surface area contributed by atoms with Crippen LogP contribution in [0.4, 0.5) is 0 Å². The average Bonchev–Trinajstić information content (AvgIpc) is 2.11. The molecule has 0 fully saturated rings. The van der Waals surface area contributed by atoms with Crippen molar-refractivity contribution < 1.29 is 9.90 Å². The molecule has 0 aromatic rings. The maximum Gasteiger partial charge on any atom is 0.320 e. The number of carbonyl (C=O) groups is 1. The molecule has 84 valence electrons. The molecule has 0 rings (SSSR count). The van der Waals surface area contributed by atoms with E-state index in [1.165, 1.54) is 0 Å². The molecule has 0 aliphatic rings. The molecule has 1 unspecified atom stereocenters. The van der Waals surface area contributed by atoms with Gasteiger partial charge in [-0.3, -0.25) is 4.79 Å². The highest BCUT2D eigenvalue weighted by molar-refractivity contribution is 5.73. The average molecular weight is 201 g/mol. The Balaban J connectivity index is 4.20. The van der Waals surface area contributed by atoms with Gasteiger partial charge in [0.1, 0.15) is 6.04 Å². The Kier molecular flexibility index (Phi) is 6.54. The monoisotopic (exact) mass is 201 g/mol. The molecule has 0 heterocycles. The minimum atomic E-state index is -0.723. The van der Waals surface area contributed by atoms with Crippen LogP contribution in [0.5, 0.6) is 0 Å². The van der Waals surface area contributed by atoms with Crippen molar-refractivity contribution in [3.8, 4) is 0 Å². The molecule has 0 aliphatic carbocycles. The molecule has 0 aliphatic heterocycles. The fraction of sp³-hybridized carbons (Fsp3) is 0.909. The molecule has 0 radical (unpaired) electrons. The molecule has 0 bridgehead atoms. The van der Waals surface area contributed by atoms with Crippen LogP contribution in [-0.4, -0.2) is 23.7 Å². The van der Waals surface area contributed by atoms with E-state index in [2.05, 4.69) is 19.2 Å². The molecule has 0 aromatic heterocycles. The maximum absolute atomic E-state index is 11.0. The minimum Gasteiger partial charge on any atom is -0.480 e. The molecule has 0 saturated carbocycles. The largest absolute Gasteiger partial charge is 0.480 e. The van der Waals surface area contributed by atoms with Gasteiger partial charge in [0.2, 0.25) is 0 Å². The molecule has 0 saturated heterocycles. The van der Waals surface area contributed by atoms with Crippen molar-refractivity contribution in [1.82, 2.24) is 5.32 Å². The van der Waals surface area contributed by atoms with Gasteiger partial charge in [-0.25, -0.2) is 0 Å². The second kappa shape index (κ2) is 6.82. The third-order valence-corrected chi connectivity index (χ3v) is 2.53. The third kappa shape index (κ3) is 4.61. The van der Waals surface area contributed by atoms with E-state index in [4.69, 9.17) is 5.11 Å². The number of hydrogen-bond donors (Lipinski definition) is 2. The first kappa shape index (κ1) is 13.4. The van der Waals surface area contributed by atoms with Crippen LogP contribution in [0, 0.1) is 11.8 Å². The molecule has 3 nitrogen and oxygen atoms in total. The van der Waals surface area contributed by atoms with Crippen molar-refractivity contribution in [2.24, 2.45) is 11.8 Å². The summed E-state index contributed by atoms with van der Waals surface area (Å²) >= 11 is 0. The maximum atomic E-state index is 11.0. The molecule has 0 amide bonds. The fourth-order valence-corrected chi connectivity index (χ4v) is 1.58. The van der Waals surface area contributed by atoms with E-state index >= 15 is 0 Å². The fourth-order valence-electron chi connectivity index (χ4n) is 1.58. The van der Waals surface area contributed by atoms with E-state index in [1.54, 1.807) is 0 Å². The van der Waals surface area contributed by atoms with Gasteiger partial charge < -0.3 is 10.4 Å². The lowest BCUT2D eigenvalue weighted by Gasteiger charge is -2.23. The second-order valence-electron chi connectivity index (χ2n) is 4.19. The Morgan fingerprint density at radius 1 is 1.29 bits per heavy atom. The Bertz CT molecular complexity index is 165. The summed E-state index contributed by atoms with van der Waals surface area (Å²) in [6.07, 6.45) is 1.83. The van der Waals surface area contributed by atoms with Crippen LogP contribution in [0.25, 0.3) is 0 Å². The Morgan fingerprint density at radius 3 is 2.07 bits per heavy atom. The normalized spacial score (nSPS) is 13.6. The lowest BCUT2D eigenvalue weighted by molar-refractivity contribution is -0.141. The van der Waals surface area contributed by atoms with Crippen LogP contribution in [0.15, 0.2) is 0 Å². The zero-order valence-corrected chi connectivity index (χ0v) is 9.71. The molecule has 0 spiro atoms. The van der Waals surface area contributed by atoms with Crippen LogP contribution in [0.1, 0.15) is 40.5 Å². The number of carboxylic acids is 1. The van der Waals surface area contributed by atoms with E-state index in [0.717, 1.165) is 19.4 Å². The zero-order chi connectivity index (χ0) is 11.1. The molecular formula is C11H23NO2. The quantitative estimate of drug-likeness (QED) is 0.663. The summed E-state index contributed by atoms with van der Waals surface area (Å²) in [6, 6.07) is -0.382. The van der Waals surface area contributed by atoms with Gasteiger partial charge in [-0.1, -0.05) is 40.5 Å². The molecular weight excluding hydrogens is 178 g/mol. The van der Waals surface area contributed by atoms with Crippen LogP contribution >= 0.6 is 0 Å². The van der Waals surface area contributed by atoms with E-state index in [-0.39, 0.29) is 12.0 Å². The van der Waals surface area contributed by atoms with Gasteiger partial charge >= 0.3 is 5.97 Å². The minimum absolute atomic E-state index is 0.242. The number of aliphatic carboxylic acids is 1. The van der Waals surface area contributed by atoms with Gasteiger partial charge in [-0.2, -0.15) is 0 Å². The van der Waals surface area contributed by atoms with E-state index in [9.17, 15) is 4.79 Å². The number of rotatable bonds is 7. The van der Waals surface area contributed by atoms with E-state index < -0.39 is 5.97 Å². The van der Waals surface area contributed by atoms with Gasteiger partial charge in [0.15, 0.2) is 0 Å². The van der Waals surface area contributed by atoms with Crippen molar-refractivity contribution in [3.05, 3.63) is 0 Å². The number of carboxylic acid groups (broad SMARTS) is 1. The predicted molar refractivity (Wildman–Crippen MR) is 58.3 cm³/mol. The second-order valence-corrected chi connectivity index (χ2v) is 4.19. The lowest BCUT2D eigenvalue weighted by atomic mass is 9.94. The van der Waals surface area contributed by atoms with Gasteiger partial charge in [0.25, 0.3) is 0 Å². The molecule has 1 atom stereocenters. The van der Waals surface area contributed by atoms with E-state index in [0.29, 0.717) is 5.92 Å². The summed E-state index contributed by atoms with van der Waals surface area (Å²) in [4.78, 5) is 11.0. The SMILES string of the molecule is CCC(CC)C(NCC(C)C)C(=O)O. The first-order valence-corrected chi connectivity index (χ1v) is 5.49. The zero-order valence-electron chi connectivity index (χ0n) is 9.71. The molecule has 3 heteroatoms. The van der Waals surface area contributed by atoms with Gasteiger partial charge in [0, 0.05) is 0 Å². The Morgan fingerprint density at radius 2 is 1.79 bits per heavy atom. The number of nitrogens with one attached hydrogen (secondary N) is 1. The third-order valence-electron chi connectivity index (χ3n) is 2.53. The van der Waals surface area contributed by atoms with Crippen molar-refractivity contribution in [2.45, 2.75) is 46.6 Å². The van der Waals surface area contributed by atoms with Crippen LogP contribution in [-0.2, 0) is 4.79 Å². The highest BCUT2D eigenvalue weighted by Crippen LogP contribution is 2.13. The summed E-state index contributed by atoms with van der Waals surface area (Å²) in [5, 5.41) is 12.2. The predicted octanol–water partition coefficient (Wildman–Crippen LogP) is 2.12. The van der Waals surface area contributed by atoms with Crippen molar-refractivity contribution in [3.63, 3.8) is 0 Å². The lowest BCUT2D eigenvalue weighted by Crippen LogP contribution is -2.44. The Hall–Kier alpha value is -0.570. The summed E-state index contributed by atoms with van der Waals surface area (Å²) in [6.45, 7) is 9.02. The topological polar surface area (TPSA) is 49.3 Å². The summed E-state index contributed by atoms with van der Waals surface area (Å²) < 4.78 is 0. The Labute approximate surface area is 86.9 Å². The standard InChI is InChI=1S/C11H23NO2/c1-5-9(6-2)10(11(13)14)12-7-8(3)4/h8-10,12H,5-7H2,1-4H3,(H,13,14).